The van der Waals surface area contributed by atoms with Crippen LogP contribution in [0.3, 0.4) is 0 Å². The zero-order valence-corrected chi connectivity index (χ0v) is 24.9. The normalized spacial score (nSPS) is 23.8. The standard InChI is InChI=1S/C31H41F2N5O5/c1-22(19-42-29(32)33)35-11-8-31(40-2,9-12-35)25-5-3-23(4-6-25)24-17-28-27(7-10-34-38(28)18-24)36-13-15-37(16-14-36)30(39)43-26-20-41-21-26/h3-5,7,10,17-18,22,25-26,29H,6,8-9,11-16,19-21H2,1-2H3/t22-,25?/m0/s1. The third-order valence-electron chi connectivity index (χ3n) is 9.49. The summed E-state index contributed by atoms with van der Waals surface area (Å²) in [7, 11) is 1.78. The van der Waals surface area contributed by atoms with Crippen molar-refractivity contribution < 1.29 is 32.5 Å². The fourth-order valence-electron chi connectivity index (χ4n) is 6.67. The summed E-state index contributed by atoms with van der Waals surface area (Å²) >= 11 is 0. The molecule has 3 aliphatic heterocycles. The number of aromatic nitrogens is 2. The number of anilines is 1. The lowest BCUT2D eigenvalue weighted by atomic mass is 9.75. The number of likely N-dealkylation sites (tertiary alicyclic amines) is 1. The van der Waals surface area contributed by atoms with Gasteiger partial charge >= 0.3 is 12.7 Å². The van der Waals surface area contributed by atoms with Crippen molar-refractivity contribution in [2.24, 2.45) is 5.92 Å². The van der Waals surface area contributed by atoms with Crippen LogP contribution in [-0.2, 0) is 18.9 Å². The maximum Gasteiger partial charge on any atom is 0.410 e. The molecule has 0 saturated carbocycles. The van der Waals surface area contributed by atoms with Gasteiger partial charge in [-0.3, -0.25) is 4.90 Å². The van der Waals surface area contributed by atoms with Crippen molar-refractivity contribution in [3.63, 3.8) is 0 Å². The van der Waals surface area contributed by atoms with Gasteiger partial charge in [-0.1, -0.05) is 18.2 Å². The van der Waals surface area contributed by atoms with Gasteiger partial charge in [-0.2, -0.15) is 13.9 Å². The number of allylic oxidation sites excluding steroid dienone is 3. The molecule has 1 unspecified atom stereocenters. The fourth-order valence-corrected chi connectivity index (χ4v) is 6.67. The number of halogens is 2. The topological polar surface area (TPSA) is 81.0 Å². The largest absolute Gasteiger partial charge is 0.441 e. The highest BCUT2D eigenvalue weighted by Crippen LogP contribution is 2.40. The molecule has 234 valence electrons. The van der Waals surface area contributed by atoms with Crippen LogP contribution in [0.2, 0.25) is 0 Å². The van der Waals surface area contributed by atoms with Gasteiger partial charge in [0.25, 0.3) is 0 Å². The van der Waals surface area contributed by atoms with E-state index in [4.69, 9.17) is 14.2 Å². The summed E-state index contributed by atoms with van der Waals surface area (Å²) in [4.78, 5) is 18.7. The molecule has 5 heterocycles. The number of carbonyl (C=O) groups excluding carboxylic acids is 1. The number of alkyl halides is 2. The summed E-state index contributed by atoms with van der Waals surface area (Å²) in [5.74, 6) is 0.238. The molecule has 0 spiro atoms. The second-order valence-electron chi connectivity index (χ2n) is 11.9. The van der Waals surface area contributed by atoms with Gasteiger partial charge in [0.2, 0.25) is 0 Å². The predicted octanol–water partition coefficient (Wildman–Crippen LogP) is 4.06. The van der Waals surface area contributed by atoms with E-state index in [0.29, 0.717) is 26.3 Å². The molecule has 6 rings (SSSR count). The van der Waals surface area contributed by atoms with E-state index in [-0.39, 0.29) is 36.4 Å². The van der Waals surface area contributed by atoms with Crippen molar-refractivity contribution in [2.75, 3.05) is 71.1 Å². The second kappa shape index (κ2) is 12.9. The van der Waals surface area contributed by atoms with Crippen molar-refractivity contribution in [3.05, 3.63) is 48.3 Å². The van der Waals surface area contributed by atoms with Gasteiger partial charge in [0.1, 0.15) is 0 Å². The molecule has 0 aromatic carbocycles. The Labute approximate surface area is 250 Å². The average Bonchev–Trinajstić information content (AvgIpc) is 3.46. The summed E-state index contributed by atoms with van der Waals surface area (Å²) in [6.07, 6.45) is 12.8. The third-order valence-corrected chi connectivity index (χ3v) is 9.49. The van der Waals surface area contributed by atoms with Gasteiger partial charge < -0.3 is 28.7 Å². The number of rotatable bonds is 9. The Morgan fingerprint density at radius 1 is 1.16 bits per heavy atom. The van der Waals surface area contributed by atoms with Gasteiger partial charge in [0.15, 0.2) is 6.10 Å². The van der Waals surface area contributed by atoms with Crippen LogP contribution in [0.25, 0.3) is 11.1 Å². The molecular weight excluding hydrogens is 560 g/mol. The molecule has 12 heteroatoms. The molecule has 2 aromatic rings. The zero-order valence-electron chi connectivity index (χ0n) is 24.9. The van der Waals surface area contributed by atoms with Crippen molar-refractivity contribution in [1.82, 2.24) is 19.4 Å². The van der Waals surface area contributed by atoms with Crippen LogP contribution in [0.1, 0.15) is 31.7 Å². The summed E-state index contributed by atoms with van der Waals surface area (Å²) in [5.41, 5.74) is 4.11. The summed E-state index contributed by atoms with van der Waals surface area (Å²) in [6, 6.07) is 4.16. The molecule has 3 fully saturated rings. The summed E-state index contributed by atoms with van der Waals surface area (Å²) in [5, 5.41) is 4.57. The highest BCUT2D eigenvalue weighted by atomic mass is 19.3. The number of fused-ring (bicyclic) bond motifs is 1. The van der Waals surface area contributed by atoms with Crippen LogP contribution >= 0.6 is 0 Å². The van der Waals surface area contributed by atoms with Crippen molar-refractivity contribution in [3.8, 4) is 0 Å². The van der Waals surface area contributed by atoms with E-state index in [0.717, 1.165) is 67.8 Å². The Kier molecular flexibility index (Phi) is 8.99. The minimum atomic E-state index is -2.74. The van der Waals surface area contributed by atoms with Crippen molar-refractivity contribution in [2.45, 2.75) is 50.5 Å². The molecule has 3 saturated heterocycles. The fraction of sp³-hybridized carbons (Fsp3) is 0.613. The Balaban J connectivity index is 1.07. The van der Waals surface area contributed by atoms with Gasteiger partial charge in [0, 0.05) is 76.3 Å². The van der Waals surface area contributed by atoms with Crippen LogP contribution in [0.4, 0.5) is 19.3 Å². The molecule has 1 amide bonds. The number of piperazine rings is 1. The maximum absolute atomic E-state index is 12.5. The molecule has 0 bridgehead atoms. The van der Waals surface area contributed by atoms with Gasteiger partial charge in [-0.05, 0) is 43.9 Å². The molecule has 2 atom stereocenters. The lowest BCUT2D eigenvalue weighted by Gasteiger charge is -2.46. The number of piperidine rings is 1. The second-order valence-corrected chi connectivity index (χ2v) is 11.9. The zero-order chi connectivity index (χ0) is 30.0. The van der Waals surface area contributed by atoms with Crippen LogP contribution in [0, 0.1) is 5.92 Å². The number of ether oxygens (including phenoxy) is 4. The molecular formula is C31H41F2N5O5. The number of nitrogens with zero attached hydrogens (tertiary/aromatic N) is 5. The number of hydrogen-bond donors (Lipinski definition) is 0. The SMILES string of the molecule is COC1(C2C=CC(c3cc4c(N5CCN(C(=O)OC6COC6)CC5)ccnn4c3)=CC2)CCN([C@@H](C)COC(F)F)CC1. The highest BCUT2D eigenvalue weighted by Gasteiger charge is 2.41. The summed E-state index contributed by atoms with van der Waals surface area (Å²) in [6.45, 7) is 4.40. The molecule has 0 N–H and O–H groups in total. The first-order valence-electron chi connectivity index (χ1n) is 15.2. The van der Waals surface area contributed by atoms with E-state index < -0.39 is 6.61 Å². The Morgan fingerprint density at radius 2 is 1.93 bits per heavy atom. The van der Waals surface area contributed by atoms with E-state index in [2.05, 4.69) is 50.1 Å². The molecule has 0 radical (unpaired) electrons. The van der Waals surface area contributed by atoms with Crippen LogP contribution in [-0.4, -0.2) is 116 Å². The minimum absolute atomic E-state index is 0.0249. The van der Waals surface area contributed by atoms with E-state index in [1.807, 2.05) is 23.7 Å². The summed E-state index contributed by atoms with van der Waals surface area (Å²) < 4.78 is 48.2. The monoisotopic (exact) mass is 601 g/mol. The van der Waals surface area contributed by atoms with Crippen LogP contribution in [0.5, 0.6) is 0 Å². The number of hydrogen-bond acceptors (Lipinski definition) is 8. The Morgan fingerprint density at radius 3 is 2.56 bits per heavy atom. The van der Waals surface area contributed by atoms with Crippen LogP contribution in [0.15, 0.2) is 42.8 Å². The lowest BCUT2D eigenvalue weighted by molar-refractivity contribution is -0.146. The molecule has 10 nitrogen and oxygen atoms in total. The van der Waals surface area contributed by atoms with Gasteiger partial charge in [-0.25, -0.2) is 9.31 Å². The molecule has 1 aliphatic carbocycles. The van der Waals surface area contributed by atoms with E-state index in [1.54, 1.807) is 12.0 Å². The molecule has 43 heavy (non-hydrogen) atoms. The van der Waals surface area contributed by atoms with Crippen molar-refractivity contribution in [1.29, 1.82) is 0 Å². The highest BCUT2D eigenvalue weighted by molar-refractivity contribution is 5.82. The smallest absolute Gasteiger partial charge is 0.410 e. The quantitative estimate of drug-likeness (QED) is 0.426. The van der Waals surface area contributed by atoms with Gasteiger partial charge in [0.05, 0.1) is 36.6 Å². The van der Waals surface area contributed by atoms with Crippen LogP contribution < -0.4 is 4.90 Å². The average molecular weight is 602 g/mol. The van der Waals surface area contributed by atoms with E-state index in [9.17, 15) is 13.6 Å². The van der Waals surface area contributed by atoms with Crippen molar-refractivity contribution >= 4 is 22.9 Å². The number of carbonyl (C=O) groups is 1. The van der Waals surface area contributed by atoms with E-state index >= 15 is 0 Å². The first kappa shape index (κ1) is 30.0. The number of amides is 1. The minimum Gasteiger partial charge on any atom is -0.441 e. The first-order chi connectivity index (χ1) is 20.8. The first-order valence-corrected chi connectivity index (χ1v) is 15.2. The van der Waals surface area contributed by atoms with E-state index in [1.165, 1.54) is 0 Å². The lowest BCUT2D eigenvalue weighted by Crippen LogP contribution is -2.52. The Bertz CT molecular complexity index is 1330. The predicted molar refractivity (Wildman–Crippen MR) is 157 cm³/mol. The van der Waals surface area contributed by atoms with Gasteiger partial charge in [-0.15, -0.1) is 0 Å². The maximum atomic E-state index is 12.5. The molecule has 2 aromatic heterocycles. The third kappa shape index (κ3) is 6.43. The molecule has 4 aliphatic rings. The number of methoxy groups -OCH3 is 1. The Hall–Kier alpha value is -3.06.